The normalized spacial score (nSPS) is 17.6. The van der Waals surface area contributed by atoms with Gasteiger partial charge in [-0.3, -0.25) is 4.79 Å². The van der Waals surface area contributed by atoms with Gasteiger partial charge in [0.05, 0.1) is 0 Å². The summed E-state index contributed by atoms with van der Waals surface area (Å²) >= 11 is 0. The van der Waals surface area contributed by atoms with Crippen LogP contribution in [0.5, 0.6) is 0 Å². The van der Waals surface area contributed by atoms with Crippen LogP contribution in [0.25, 0.3) is 0 Å². The summed E-state index contributed by atoms with van der Waals surface area (Å²) in [5.74, 6) is 2.29. The average molecular weight is 220 g/mol. The van der Waals surface area contributed by atoms with Crippen molar-refractivity contribution in [1.29, 1.82) is 0 Å². The molecule has 0 aromatic carbocycles. The Labute approximate surface area is 97.0 Å². The minimum absolute atomic E-state index is 0.165. The smallest absolute Gasteiger partial charge is 0.198 e. The molecule has 0 bridgehead atoms. The lowest BCUT2D eigenvalue weighted by atomic mass is 9.85. The molecule has 0 N–H and O–H groups in total. The number of hydrogen-bond donors (Lipinski definition) is 0. The van der Waals surface area contributed by atoms with Gasteiger partial charge in [-0.15, -0.1) is 0 Å². The summed E-state index contributed by atoms with van der Waals surface area (Å²) in [5.41, 5.74) is 0. The van der Waals surface area contributed by atoms with E-state index in [1.807, 2.05) is 13.0 Å². The fraction of sp³-hybridized carbons (Fsp3) is 0.643. The van der Waals surface area contributed by atoms with Crippen molar-refractivity contribution < 1.29 is 9.21 Å². The van der Waals surface area contributed by atoms with E-state index in [-0.39, 0.29) is 5.78 Å². The lowest BCUT2D eigenvalue weighted by molar-refractivity contribution is 0.0942. The molecule has 0 saturated heterocycles. The van der Waals surface area contributed by atoms with E-state index in [1.54, 1.807) is 6.07 Å². The number of Topliss-reactive ketones (excluding diaryl/α,β-unsaturated/α-hetero) is 1. The van der Waals surface area contributed by atoms with Crippen LogP contribution in [0.4, 0.5) is 0 Å². The van der Waals surface area contributed by atoms with Gasteiger partial charge in [0, 0.05) is 6.42 Å². The molecule has 1 saturated carbocycles. The third-order valence-corrected chi connectivity index (χ3v) is 3.52. The number of aryl methyl sites for hydroxylation is 1. The molecule has 2 heteroatoms. The molecule has 0 unspecified atom stereocenters. The fourth-order valence-corrected chi connectivity index (χ4v) is 2.52. The van der Waals surface area contributed by atoms with Crippen molar-refractivity contribution in [3.8, 4) is 0 Å². The van der Waals surface area contributed by atoms with Crippen molar-refractivity contribution >= 4 is 5.78 Å². The van der Waals surface area contributed by atoms with Crippen LogP contribution in [0.3, 0.4) is 0 Å². The van der Waals surface area contributed by atoms with E-state index in [0.717, 1.165) is 18.1 Å². The molecular weight excluding hydrogens is 200 g/mol. The second-order valence-corrected chi connectivity index (χ2v) is 4.88. The van der Waals surface area contributed by atoms with E-state index in [9.17, 15) is 4.79 Å². The SMILES string of the molecule is Cc1ccc(C(=O)CCC2CCCCC2)o1. The van der Waals surface area contributed by atoms with E-state index in [4.69, 9.17) is 4.42 Å². The number of carbonyl (C=O) groups excluding carboxylic acids is 1. The second-order valence-electron chi connectivity index (χ2n) is 4.88. The topological polar surface area (TPSA) is 30.2 Å². The van der Waals surface area contributed by atoms with Crippen molar-refractivity contribution in [2.75, 3.05) is 0 Å². The average Bonchev–Trinajstić information content (AvgIpc) is 2.74. The first-order chi connectivity index (χ1) is 7.75. The van der Waals surface area contributed by atoms with Crippen molar-refractivity contribution in [3.63, 3.8) is 0 Å². The minimum atomic E-state index is 0.165. The molecular formula is C14H20O2. The Hall–Kier alpha value is -1.05. The van der Waals surface area contributed by atoms with E-state index in [2.05, 4.69) is 0 Å². The van der Waals surface area contributed by atoms with Crippen molar-refractivity contribution in [1.82, 2.24) is 0 Å². The summed E-state index contributed by atoms with van der Waals surface area (Å²) in [7, 11) is 0. The molecule has 0 radical (unpaired) electrons. The number of furan rings is 1. The molecule has 1 heterocycles. The molecule has 2 nitrogen and oxygen atoms in total. The minimum Gasteiger partial charge on any atom is -0.458 e. The first-order valence-corrected chi connectivity index (χ1v) is 6.35. The Bertz CT molecular complexity index is 345. The van der Waals surface area contributed by atoms with Crippen molar-refractivity contribution in [2.45, 2.75) is 51.9 Å². The van der Waals surface area contributed by atoms with Crippen molar-refractivity contribution in [3.05, 3.63) is 23.7 Å². The zero-order valence-electron chi connectivity index (χ0n) is 10.00. The second kappa shape index (κ2) is 5.33. The van der Waals surface area contributed by atoms with E-state index in [0.29, 0.717) is 12.2 Å². The van der Waals surface area contributed by atoms with Crippen LogP contribution in [-0.2, 0) is 0 Å². The molecule has 2 rings (SSSR count). The van der Waals surface area contributed by atoms with Crippen molar-refractivity contribution in [2.24, 2.45) is 5.92 Å². The molecule has 0 amide bonds. The predicted molar refractivity (Wildman–Crippen MR) is 63.6 cm³/mol. The lowest BCUT2D eigenvalue weighted by Crippen LogP contribution is -2.08. The van der Waals surface area contributed by atoms with E-state index >= 15 is 0 Å². The monoisotopic (exact) mass is 220 g/mol. The van der Waals surface area contributed by atoms with Gasteiger partial charge in [-0.1, -0.05) is 32.1 Å². The van der Waals surface area contributed by atoms with Gasteiger partial charge in [-0.25, -0.2) is 0 Å². The summed E-state index contributed by atoms with van der Waals surface area (Å²) in [6.45, 7) is 1.87. The molecule has 1 aromatic rings. The van der Waals surface area contributed by atoms with E-state index in [1.165, 1.54) is 32.1 Å². The Balaban J connectivity index is 1.79. The first kappa shape index (κ1) is 11.4. The van der Waals surface area contributed by atoms with Crippen LogP contribution in [0.1, 0.15) is 61.3 Å². The van der Waals surface area contributed by atoms with Gasteiger partial charge in [0.2, 0.25) is 0 Å². The Morgan fingerprint density at radius 1 is 1.31 bits per heavy atom. The standard InChI is InChI=1S/C14H20O2/c1-11-7-10-14(16-11)13(15)9-8-12-5-3-2-4-6-12/h7,10,12H,2-6,8-9H2,1H3. The van der Waals surface area contributed by atoms with Crippen LogP contribution >= 0.6 is 0 Å². The van der Waals surface area contributed by atoms with Gasteiger partial charge in [-0.05, 0) is 31.4 Å². The predicted octanol–water partition coefficient (Wildman–Crippen LogP) is 4.13. The summed E-state index contributed by atoms with van der Waals surface area (Å²) in [6.07, 6.45) is 8.38. The van der Waals surface area contributed by atoms with Crippen LogP contribution in [0.2, 0.25) is 0 Å². The molecule has 88 valence electrons. The number of hydrogen-bond acceptors (Lipinski definition) is 2. The largest absolute Gasteiger partial charge is 0.458 e. The van der Waals surface area contributed by atoms with Gasteiger partial charge in [0.1, 0.15) is 5.76 Å². The summed E-state index contributed by atoms with van der Waals surface area (Å²) < 4.78 is 5.34. The van der Waals surface area contributed by atoms with Crippen LogP contribution < -0.4 is 0 Å². The van der Waals surface area contributed by atoms with Crippen LogP contribution in [0.15, 0.2) is 16.5 Å². The molecule has 0 atom stereocenters. The first-order valence-electron chi connectivity index (χ1n) is 6.35. The molecule has 0 spiro atoms. The van der Waals surface area contributed by atoms with Gasteiger partial charge < -0.3 is 4.42 Å². The summed E-state index contributed by atoms with van der Waals surface area (Å²) in [6, 6.07) is 3.65. The van der Waals surface area contributed by atoms with Crippen LogP contribution in [-0.4, -0.2) is 5.78 Å². The molecule has 1 aliphatic rings. The maximum Gasteiger partial charge on any atom is 0.198 e. The summed E-state index contributed by atoms with van der Waals surface area (Å²) in [4.78, 5) is 11.8. The van der Waals surface area contributed by atoms with Gasteiger partial charge in [-0.2, -0.15) is 0 Å². The van der Waals surface area contributed by atoms with Crippen LogP contribution in [0, 0.1) is 12.8 Å². The molecule has 1 aromatic heterocycles. The maximum absolute atomic E-state index is 11.8. The number of rotatable bonds is 4. The summed E-state index contributed by atoms with van der Waals surface area (Å²) in [5, 5.41) is 0. The highest BCUT2D eigenvalue weighted by Gasteiger charge is 2.16. The Kier molecular flexibility index (Phi) is 3.81. The highest BCUT2D eigenvalue weighted by atomic mass is 16.3. The Morgan fingerprint density at radius 3 is 2.69 bits per heavy atom. The van der Waals surface area contributed by atoms with Gasteiger partial charge in [0.15, 0.2) is 11.5 Å². The molecule has 1 fully saturated rings. The lowest BCUT2D eigenvalue weighted by Gasteiger charge is -2.20. The number of carbonyl (C=O) groups is 1. The fourth-order valence-electron chi connectivity index (χ4n) is 2.52. The van der Waals surface area contributed by atoms with Gasteiger partial charge in [0.25, 0.3) is 0 Å². The zero-order chi connectivity index (χ0) is 11.4. The maximum atomic E-state index is 11.8. The molecule has 0 aliphatic heterocycles. The third-order valence-electron chi connectivity index (χ3n) is 3.52. The van der Waals surface area contributed by atoms with E-state index < -0.39 is 0 Å². The molecule has 16 heavy (non-hydrogen) atoms. The highest BCUT2D eigenvalue weighted by molar-refractivity contribution is 5.93. The number of ketones is 1. The quantitative estimate of drug-likeness (QED) is 0.714. The van der Waals surface area contributed by atoms with Gasteiger partial charge >= 0.3 is 0 Å². The third kappa shape index (κ3) is 2.97. The highest BCUT2D eigenvalue weighted by Crippen LogP contribution is 2.27. The molecule has 1 aliphatic carbocycles. The zero-order valence-corrected chi connectivity index (χ0v) is 10.00. The Morgan fingerprint density at radius 2 is 2.06 bits per heavy atom.